The number of carbonyl (C=O) groups is 1. The highest BCUT2D eigenvalue weighted by Crippen LogP contribution is 2.17. The predicted octanol–water partition coefficient (Wildman–Crippen LogP) is -0.872. The van der Waals surface area contributed by atoms with E-state index in [4.69, 9.17) is 16.2 Å². The third-order valence-electron chi connectivity index (χ3n) is 2.82. The van der Waals surface area contributed by atoms with Crippen molar-refractivity contribution in [3.63, 3.8) is 0 Å². The number of nitrogens with zero attached hydrogens (tertiary/aromatic N) is 3. The Morgan fingerprint density at radius 2 is 2.28 bits per heavy atom. The number of aromatic nitrogens is 2. The highest BCUT2D eigenvalue weighted by atomic mass is 16.5. The van der Waals surface area contributed by atoms with E-state index in [-0.39, 0.29) is 17.9 Å². The monoisotopic (exact) mass is 251 g/mol. The normalized spacial score (nSPS) is 24.0. The first-order valence-electron chi connectivity index (χ1n) is 5.84. The number of amides is 1. The van der Waals surface area contributed by atoms with Gasteiger partial charge in [-0.1, -0.05) is 0 Å². The van der Waals surface area contributed by atoms with Crippen molar-refractivity contribution < 1.29 is 9.53 Å². The molecule has 1 saturated heterocycles. The Balaban J connectivity index is 2.12. The number of hydrogen-bond donors (Lipinski definition) is 2. The lowest BCUT2D eigenvalue weighted by molar-refractivity contribution is -0.0107. The molecule has 7 heteroatoms. The van der Waals surface area contributed by atoms with Gasteiger partial charge in [-0.25, -0.2) is 0 Å². The van der Waals surface area contributed by atoms with Crippen molar-refractivity contribution in [1.82, 2.24) is 10.2 Å². The second-order valence-corrected chi connectivity index (χ2v) is 4.35. The van der Waals surface area contributed by atoms with Gasteiger partial charge in [-0.15, -0.1) is 10.2 Å². The maximum absolute atomic E-state index is 10.9. The summed E-state index contributed by atoms with van der Waals surface area (Å²) in [5, 5.41) is 7.80. The fourth-order valence-electron chi connectivity index (χ4n) is 1.99. The summed E-state index contributed by atoms with van der Waals surface area (Å²) in [5.74, 6) is 0.123. The van der Waals surface area contributed by atoms with Crippen molar-refractivity contribution in [3.8, 4) is 0 Å². The van der Waals surface area contributed by atoms with Crippen LogP contribution in [0.5, 0.6) is 0 Å². The van der Waals surface area contributed by atoms with Crippen LogP contribution in [0.15, 0.2) is 12.1 Å². The van der Waals surface area contributed by atoms with E-state index in [2.05, 4.69) is 10.2 Å². The molecule has 1 aromatic rings. The molecule has 98 valence electrons. The molecule has 2 heterocycles. The van der Waals surface area contributed by atoms with Gasteiger partial charge in [0.05, 0.1) is 12.2 Å². The lowest BCUT2D eigenvalue weighted by Gasteiger charge is -2.36. The molecule has 0 aliphatic carbocycles. The smallest absolute Gasteiger partial charge is 0.269 e. The van der Waals surface area contributed by atoms with Crippen LogP contribution in [0.3, 0.4) is 0 Å². The van der Waals surface area contributed by atoms with Crippen molar-refractivity contribution >= 4 is 11.7 Å². The Hall–Kier alpha value is -1.73. The van der Waals surface area contributed by atoms with Crippen molar-refractivity contribution in [1.29, 1.82) is 0 Å². The highest BCUT2D eigenvalue weighted by molar-refractivity contribution is 5.90. The average molecular weight is 251 g/mol. The molecule has 1 aliphatic rings. The minimum atomic E-state index is -0.579. The van der Waals surface area contributed by atoms with Crippen molar-refractivity contribution in [2.75, 3.05) is 24.5 Å². The number of nitrogens with two attached hydrogens (primary N) is 2. The number of carbonyl (C=O) groups excluding carboxylic acids is 1. The molecule has 2 rings (SSSR count). The van der Waals surface area contributed by atoms with E-state index in [9.17, 15) is 4.79 Å². The molecular weight excluding hydrogens is 234 g/mol. The van der Waals surface area contributed by atoms with Crippen LogP contribution < -0.4 is 16.4 Å². The summed E-state index contributed by atoms with van der Waals surface area (Å²) >= 11 is 0. The molecule has 0 spiro atoms. The molecule has 0 bridgehead atoms. The van der Waals surface area contributed by atoms with Crippen molar-refractivity contribution in [3.05, 3.63) is 17.8 Å². The van der Waals surface area contributed by atoms with Crippen LogP contribution in [-0.4, -0.2) is 47.9 Å². The summed E-state index contributed by atoms with van der Waals surface area (Å²) in [5.41, 5.74) is 10.9. The molecule has 18 heavy (non-hydrogen) atoms. The lowest BCUT2D eigenvalue weighted by atomic mass is 10.2. The van der Waals surface area contributed by atoms with Crippen LogP contribution in [0.4, 0.5) is 5.82 Å². The molecule has 0 aromatic carbocycles. The predicted molar refractivity (Wildman–Crippen MR) is 66.2 cm³/mol. The van der Waals surface area contributed by atoms with E-state index in [1.165, 1.54) is 0 Å². The number of primary amides is 1. The molecular formula is C11H17N5O2. The van der Waals surface area contributed by atoms with Crippen molar-refractivity contribution in [2.45, 2.75) is 19.1 Å². The van der Waals surface area contributed by atoms with Crippen LogP contribution in [0.25, 0.3) is 0 Å². The molecule has 1 aromatic heterocycles. The van der Waals surface area contributed by atoms with Gasteiger partial charge in [0.2, 0.25) is 0 Å². The molecule has 4 N–H and O–H groups in total. The number of hydrogen-bond acceptors (Lipinski definition) is 6. The van der Waals surface area contributed by atoms with Gasteiger partial charge in [-0.3, -0.25) is 4.79 Å². The zero-order valence-corrected chi connectivity index (χ0v) is 10.2. The summed E-state index contributed by atoms with van der Waals surface area (Å²) in [6.45, 7) is 3.85. The Morgan fingerprint density at radius 1 is 1.50 bits per heavy atom. The van der Waals surface area contributed by atoms with Crippen LogP contribution in [0.1, 0.15) is 17.4 Å². The summed E-state index contributed by atoms with van der Waals surface area (Å²) in [6, 6.07) is 3.31. The summed E-state index contributed by atoms with van der Waals surface area (Å²) in [7, 11) is 0. The van der Waals surface area contributed by atoms with Gasteiger partial charge in [0, 0.05) is 19.6 Å². The van der Waals surface area contributed by atoms with Crippen LogP contribution >= 0.6 is 0 Å². The maximum Gasteiger partial charge on any atom is 0.269 e. The topological polar surface area (TPSA) is 107 Å². The highest BCUT2D eigenvalue weighted by Gasteiger charge is 2.25. The summed E-state index contributed by atoms with van der Waals surface area (Å²) < 4.78 is 5.66. The van der Waals surface area contributed by atoms with Crippen molar-refractivity contribution in [2.24, 2.45) is 11.5 Å². The van der Waals surface area contributed by atoms with Gasteiger partial charge in [0.15, 0.2) is 11.5 Å². The molecule has 0 radical (unpaired) electrons. The molecule has 1 aliphatic heterocycles. The second-order valence-electron chi connectivity index (χ2n) is 4.35. The number of ether oxygens (including phenoxy) is 1. The first-order valence-corrected chi connectivity index (χ1v) is 5.84. The lowest BCUT2D eigenvalue weighted by Crippen LogP contribution is -2.49. The summed E-state index contributed by atoms with van der Waals surface area (Å²) in [4.78, 5) is 13.0. The zero-order valence-electron chi connectivity index (χ0n) is 10.2. The number of rotatable bonds is 3. The third-order valence-corrected chi connectivity index (χ3v) is 2.82. The van der Waals surface area contributed by atoms with E-state index in [0.717, 1.165) is 6.54 Å². The molecule has 1 fully saturated rings. The maximum atomic E-state index is 10.9. The molecule has 0 saturated carbocycles. The SMILES string of the molecule is CC1CN(c2ccc(C(N)=O)nn2)CC(CN)O1. The molecule has 7 nitrogen and oxygen atoms in total. The second kappa shape index (κ2) is 5.28. The van der Waals surface area contributed by atoms with Gasteiger partial charge in [-0.05, 0) is 19.1 Å². The first kappa shape index (κ1) is 12.7. The standard InChI is InChI=1S/C11H17N5O2/c1-7-5-16(6-8(4-12)18-7)10-3-2-9(11(13)17)14-15-10/h2-3,7-8H,4-6,12H2,1H3,(H2,13,17). The van der Waals surface area contributed by atoms with Gasteiger partial charge >= 0.3 is 0 Å². The van der Waals surface area contributed by atoms with Gasteiger partial charge in [0.25, 0.3) is 5.91 Å². The minimum absolute atomic E-state index is 0.00799. The fraction of sp³-hybridized carbons (Fsp3) is 0.545. The van der Waals surface area contributed by atoms with E-state index in [1.807, 2.05) is 11.8 Å². The van der Waals surface area contributed by atoms with Gasteiger partial charge in [-0.2, -0.15) is 0 Å². The Morgan fingerprint density at radius 3 is 2.83 bits per heavy atom. The van der Waals surface area contributed by atoms with E-state index in [0.29, 0.717) is 18.9 Å². The Bertz CT molecular complexity index is 422. The van der Waals surface area contributed by atoms with E-state index in [1.54, 1.807) is 12.1 Å². The average Bonchev–Trinajstić information content (AvgIpc) is 2.38. The first-order chi connectivity index (χ1) is 8.60. The number of morpholine rings is 1. The number of anilines is 1. The Kier molecular flexibility index (Phi) is 3.73. The molecule has 1 amide bonds. The van der Waals surface area contributed by atoms with Crippen LogP contribution in [0.2, 0.25) is 0 Å². The minimum Gasteiger partial charge on any atom is -0.370 e. The Labute approximate surface area is 105 Å². The summed E-state index contributed by atoms with van der Waals surface area (Å²) in [6.07, 6.45) is 0.0799. The molecule has 2 atom stereocenters. The van der Waals surface area contributed by atoms with E-state index < -0.39 is 5.91 Å². The van der Waals surface area contributed by atoms with Gasteiger partial charge in [0.1, 0.15) is 0 Å². The van der Waals surface area contributed by atoms with Crippen LogP contribution in [0, 0.1) is 0 Å². The fourth-order valence-corrected chi connectivity index (χ4v) is 1.99. The third kappa shape index (κ3) is 2.74. The zero-order chi connectivity index (χ0) is 13.1. The quantitative estimate of drug-likeness (QED) is 0.723. The van der Waals surface area contributed by atoms with E-state index >= 15 is 0 Å². The van der Waals surface area contributed by atoms with Gasteiger partial charge < -0.3 is 21.1 Å². The largest absolute Gasteiger partial charge is 0.370 e. The molecule has 2 unspecified atom stereocenters. The van der Waals surface area contributed by atoms with Crippen LogP contribution in [-0.2, 0) is 4.74 Å².